The fraction of sp³-hybridized carbons (Fsp3) is 0.562. The second-order valence-corrected chi connectivity index (χ2v) is 5.32. The molecule has 0 amide bonds. The number of aryl methyl sites for hydroxylation is 3. The van der Waals surface area contributed by atoms with Gasteiger partial charge in [-0.25, -0.2) is 4.79 Å². The molecular weight excluding hydrogens is 254 g/mol. The Morgan fingerprint density at radius 1 is 1.25 bits per heavy atom. The summed E-state index contributed by atoms with van der Waals surface area (Å²) in [7, 11) is 1.73. The third-order valence-electron chi connectivity index (χ3n) is 3.39. The summed E-state index contributed by atoms with van der Waals surface area (Å²) in [5.74, 6) is 0.534. The van der Waals surface area contributed by atoms with E-state index in [1.807, 2.05) is 13.8 Å². The number of benzene rings is 1. The zero-order valence-corrected chi connectivity index (χ0v) is 13.3. The quantitative estimate of drug-likeness (QED) is 0.813. The van der Waals surface area contributed by atoms with E-state index in [0.717, 1.165) is 16.9 Å². The minimum atomic E-state index is -0.847. The minimum absolute atomic E-state index is 0.229. The molecule has 0 radical (unpaired) electrons. The van der Waals surface area contributed by atoms with Crippen LogP contribution in [0.1, 0.15) is 30.5 Å². The van der Waals surface area contributed by atoms with E-state index in [1.165, 1.54) is 5.56 Å². The van der Waals surface area contributed by atoms with Gasteiger partial charge in [-0.05, 0) is 52.8 Å². The summed E-state index contributed by atoms with van der Waals surface area (Å²) in [5, 5.41) is 2.98. The molecule has 0 aliphatic rings. The SMILES string of the molecule is CCOC(=O)C(C)(COc1c(C)cc(C)cc1C)NC. The van der Waals surface area contributed by atoms with Gasteiger partial charge in [0.25, 0.3) is 0 Å². The van der Waals surface area contributed by atoms with Gasteiger partial charge >= 0.3 is 5.97 Å². The van der Waals surface area contributed by atoms with Gasteiger partial charge in [0.05, 0.1) is 6.61 Å². The first-order valence-electron chi connectivity index (χ1n) is 6.91. The number of likely N-dealkylation sites (N-methyl/N-ethyl adjacent to an activating group) is 1. The van der Waals surface area contributed by atoms with Crippen LogP contribution in [0.3, 0.4) is 0 Å². The molecule has 0 spiro atoms. The fourth-order valence-corrected chi connectivity index (χ4v) is 2.13. The van der Waals surface area contributed by atoms with E-state index in [4.69, 9.17) is 9.47 Å². The largest absolute Gasteiger partial charge is 0.490 e. The molecule has 112 valence electrons. The molecule has 1 rings (SSSR count). The highest BCUT2D eigenvalue weighted by Crippen LogP contribution is 2.25. The number of hydrogen-bond acceptors (Lipinski definition) is 4. The summed E-state index contributed by atoms with van der Waals surface area (Å²) in [6, 6.07) is 4.15. The van der Waals surface area contributed by atoms with Crippen LogP contribution in [-0.2, 0) is 9.53 Å². The molecule has 4 heteroatoms. The van der Waals surface area contributed by atoms with E-state index < -0.39 is 5.54 Å². The number of carbonyl (C=O) groups excluding carboxylic acids is 1. The number of esters is 1. The molecule has 1 N–H and O–H groups in total. The van der Waals surface area contributed by atoms with Crippen molar-refractivity contribution in [3.63, 3.8) is 0 Å². The van der Waals surface area contributed by atoms with Gasteiger partial charge in [-0.2, -0.15) is 0 Å². The first kappa shape index (κ1) is 16.5. The Hall–Kier alpha value is -1.55. The van der Waals surface area contributed by atoms with Crippen LogP contribution in [0.4, 0.5) is 0 Å². The smallest absolute Gasteiger partial charge is 0.329 e. The lowest BCUT2D eigenvalue weighted by Crippen LogP contribution is -2.53. The maximum atomic E-state index is 12.0. The molecule has 0 bridgehead atoms. The Kier molecular flexibility index (Phi) is 5.57. The van der Waals surface area contributed by atoms with E-state index >= 15 is 0 Å². The van der Waals surface area contributed by atoms with Crippen molar-refractivity contribution in [2.75, 3.05) is 20.3 Å². The van der Waals surface area contributed by atoms with Gasteiger partial charge < -0.3 is 14.8 Å². The average molecular weight is 279 g/mol. The molecule has 0 heterocycles. The zero-order chi connectivity index (χ0) is 15.3. The van der Waals surface area contributed by atoms with E-state index in [1.54, 1.807) is 20.9 Å². The summed E-state index contributed by atoms with van der Waals surface area (Å²) in [4.78, 5) is 12.0. The van der Waals surface area contributed by atoms with Crippen LogP contribution in [-0.4, -0.2) is 31.8 Å². The highest BCUT2D eigenvalue weighted by molar-refractivity contribution is 5.80. The number of carbonyl (C=O) groups is 1. The second kappa shape index (κ2) is 6.75. The van der Waals surface area contributed by atoms with Crippen LogP contribution in [0.15, 0.2) is 12.1 Å². The molecule has 20 heavy (non-hydrogen) atoms. The van der Waals surface area contributed by atoms with Gasteiger partial charge in [0, 0.05) is 0 Å². The van der Waals surface area contributed by atoms with Gasteiger partial charge in [-0.3, -0.25) is 0 Å². The number of ether oxygens (including phenoxy) is 2. The van der Waals surface area contributed by atoms with E-state index in [2.05, 4.69) is 24.4 Å². The molecule has 0 fully saturated rings. The normalized spacial score (nSPS) is 13.7. The molecule has 0 saturated carbocycles. The van der Waals surface area contributed by atoms with Gasteiger partial charge in [0.15, 0.2) is 0 Å². The van der Waals surface area contributed by atoms with Crippen LogP contribution in [0.5, 0.6) is 5.75 Å². The van der Waals surface area contributed by atoms with Gasteiger partial charge in [0.2, 0.25) is 0 Å². The maximum absolute atomic E-state index is 12.0. The highest BCUT2D eigenvalue weighted by Gasteiger charge is 2.34. The third-order valence-corrected chi connectivity index (χ3v) is 3.39. The summed E-state index contributed by atoms with van der Waals surface area (Å²) >= 11 is 0. The van der Waals surface area contributed by atoms with E-state index in [-0.39, 0.29) is 12.6 Å². The molecule has 1 aromatic carbocycles. The van der Waals surface area contributed by atoms with Crippen molar-refractivity contribution in [3.8, 4) is 5.75 Å². The molecule has 1 atom stereocenters. The van der Waals surface area contributed by atoms with Crippen LogP contribution in [0.25, 0.3) is 0 Å². The Morgan fingerprint density at radius 2 is 1.80 bits per heavy atom. The molecule has 0 aliphatic carbocycles. The van der Waals surface area contributed by atoms with Crippen LogP contribution >= 0.6 is 0 Å². The molecule has 0 saturated heterocycles. The lowest BCUT2D eigenvalue weighted by molar-refractivity contribution is -0.151. The lowest BCUT2D eigenvalue weighted by Gasteiger charge is -2.27. The predicted octanol–water partition coefficient (Wildman–Crippen LogP) is 2.53. The molecular formula is C16H25NO3. The molecule has 0 aliphatic heterocycles. The van der Waals surface area contributed by atoms with Crippen LogP contribution < -0.4 is 10.1 Å². The fourth-order valence-electron chi connectivity index (χ4n) is 2.13. The predicted molar refractivity (Wildman–Crippen MR) is 80.2 cm³/mol. The summed E-state index contributed by atoms with van der Waals surface area (Å²) in [5.41, 5.74) is 2.50. The summed E-state index contributed by atoms with van der Waals surface area (Å²) in [6.45, 7) is 10.2. The Labute approximate surface area is 121 Å². The molecule has 1 unspecified atom stereocenters. The van der Waals surface area contributed by atoms with E-state index in [0.29, 0.717) is 6.61 Å². The Morgan fingerprint density at radius 3 is 2.25 bits per heavy atom. The average Bonchev–Trinajstić information content (AvgIpc) is 2.37. The molecule has 1 aromatic rings. The van der Waals surface area contributed by atoms with E-state index in [9.17, 15) is 4.79 Å². The van der Waals surface area contributed by atoms with Crippen LogP contribution in [0, 0.1) is 20.8 Å². The topological polar surface area (TPSA) is 47.6 Å². The van der Waals surface area contributed by atoms with Gasteiger partial charge in [-0.1, -0.05) is 17.7 Å². The Bertz CT molecular complexity index is 462. The monoisotopic (exact) mass is 279 g/mol. The number of rotatable bonds is 6. The third kappa shape index (κ3) is 3.73. The van der Waals surface area contributed by atoms with Crippen LogP contribution in [0.2, 0.25) is 0 Å². The number of hydrogen-bond donors (Lipinski definition) is 1. The standard InChI is InChI=1S/C16H25NO3/c1-7-19-15(18)16(5,17-6)10-20-14-12(3)8-11(2)9-13(14)4/h8-9,17H,7,10H2,1-6H3. The molecule has 4 nitrogen and oxygen atoms in total. The van der Waals surface area contributed by atoms with Crippen molar-refractivity contribution in [3.05, 3.63) is 28.8 Å². The van der Waals surface area contributed by atoms with Crippen molar-refractivity contribution in [1.29, 1.82) is 0 Å². The van der Waals surface area contributed by atoms with Crippen molar-refractivity contribution < 1.29 is 14.3 Å². The molecule has 0 aromatic heterocycles. The first-order chi connectivity index (χ1) is 9.34. The zero-order valence-electron chi connectivity index (χ0n) is 13.3. The van der Waals surface area contributed by atoms with Gasteiger partial charge in [0.1, 0.15) is 17.9 Å². The highest BCUT2D eigenvalue weighted by atomic mass is 16.5. The Balaban J connectivity index is 2.87. The first-order valence-corrected chi connectivity index (χ1v) is 6.91. The van der Waals surface area contributed by atoms with Crippen molar-refractivity contribution in [2.45, 2.75) is 40.2 Å². The number of nitrogens with one attached hydrogen (secondary N) is 1. The maximum Gasteiger partial charge on any atom is 0.329 e. The lowest BCUT2D eigenvalue weighted by atomic mass is 10.0. The van der Waals surface area contributed by atoms with Crippen molar-refractivity contribution >= 4 is 5.97 Å². The summed E-state index contributed by atoms with van der Waals surface area (Å²) < 4.78 is 11.0. The second-order valence-electron chi connectivity index (χ2n) is 5.32. The van der Waals surface area contributed by atoms with Gasteiger partial charge in [-0.15, -0.1) is 0 Å². The van der Waals surface area contributed by atoms with Crippen molar-refractivity contribution in [2.24, 2.45) is 0 Å². The minimum Gasteiger partial charge on any atom is -0.490 e. The summed E-state index contributed by atoms with van der Waals surface area (Å²) in [6.07, 6.45) is 0. The van der Waals surface area contributed by atoms with Crippen molar-refractivity contribution in [1.82, 2.24) is 5.32 Å².